The van der Waals surface area contributed by atoms with Crippen LogP contribution in [0.1, 0.15) is 43.5 Å². The molecule has 1 aromatic carbocycles. The van der Waals surface area contributed by atoms with Crippen molar-refractivity contribution in [3.63, 3.8) is 0 Å². The molecule has 0 aliphatic heterocycles. The molecule has 3 nitrogen and oxygen atoms in total. The fourth-order valence-corrected chi connectivity index (χ4v) is 2.88. The summed E-state index contributed by atoms with van der Waals surface area (Å²) in [5, 5.41) is 2.97. The highest BCUT2D eigenvalue weighted by molar-refractivity contribution is 5.97. The Morgan fingerprint density at radius 2 is 2.00 bits per heavy atom. The Kier molecular flexibility index (Phi) is 5.15. The van der Waals surface area contributed by atoms with Gasteiger partial charge in [-0.3, -0.25) is 4.79 Å². The third-order valence-electron chi connectivity index (χ3n) is 4.37. The maximum atomic E-state index is 12.4. The first-order chi connectivity index (χ1) is 9.99. The maximum absolute atomic E-state index is 12.4. The van der Waals surface area contributed by atoms with Gasteiger partial charge in [-0.15, -0.1) is 0 Å². The molecular weight excluding hydrogens is 276 g/mol. The lowest BCUT2D eigenvalue weighted by atomic mass is 9.78. The minimum atomic E-state index is -2.94. The molecule has 21 heavy (non-hydrogen) atoms. The van der Waals surface area contributed by atoms with E-state index in [9.17, 15) is 13.6 Å². The zero-order chi connectivity index (χ0) is 15.4. The van der Waals surface area contributed by atoms with Gasteiger partial charge in [0.15, 0.2) is 0 Å². The van der Waals surface area contributed by atoms with Crippen LogP contribution in [0.25, 0.3) is 0 Å². The lowest BCUT2D eigenvalue weighted by Gasteiger charge is -2.34. The number of alkyl halides is 2. The van der Waals surface area contributed by atoms with E-state index >= 15 is 0 Å². The van der Waals surface area contributed by atoms with Gasteiger partial charge in [-0.05, 0) is 30.4 Å². The van der Waals surface area contributed by atoms with Gasteiger partial charge in [0, 0.05) is 6.04 Å². The van der Waals surface area contributed by atoms with E-state index in [0.717, 1.165) is 12.8 Å². The van der Waals surface area contributed by atoms with Gasteiger partial charge in [0.25, 0.3) is 5.91 Å². The monoisotopic (exact) mass is 297 g/mol. The van der Waals surface area contributed by atoms with Gasteiger partial charge in [-0.25, -0.2) is 0 Å². The maximum Gasteiger partial charge on any atom is 0.387 e. The van der Waals surface area contributed by atoms with Crippen LogP contribution in [0.4, 0.5) is 8.78 Å². The minimum Gasteiger partial charge on any atom is -0.434 e. The molecule has 1 aromatic rings. The number of halogens is 2. The number of para-hydroxylation sites is 1. The van der Waals surface area contributed by atoms with Crippen LogP contribution in [-0.4, -0.2) is 18.6 Å². The molecular formula is C16H21F2NO2. The van der Waals surface area contributed by atoms with E-state index in [1.165, 1.54) is 18.6 Å². The second kappa shape index (κ2) is 6.87. The molecule has 0 unspecified atom stereocenters. The van der Waals surface area contributed by atoms with Crippen molar-refractivity contribution in [3.05, 3.63) is 29.8 Å². The summed E-state index contributed by atoms with van der Waals surface area (Å²) in [4.78, 5) is 12.3. The third-order valence-corrected chi connectivity index (χ3v) is 4.37. The number of hydrogen-bond acceptors (Lipinski definition) is 2. The number of hydrogen-bond donors (Lipinski definition) is 1. The van der Waals surface area contributed by atoms with E-state index in [0.29, 0.717) is 11.8 Å². The molecule has 0 spiro atoms. The smallest absolute Gasteiger partial charge is 0.387 e. The molecule has 0 bridgehead atoms. The molecule has 0 heterocycles. The molecule has 0 aromatic heterocycles. The first-order valence-corrected chi connectivity index (χ1v) is 7.33. The fraction of sp³-hybridized carbons (Fsp3) is 0.562. The topological polar surface area (TPSA) is 38.3 Å². The molecule has 1 aliphatic rings. The largest absolute Gasteiger partial charge is 0.434 e. The van der Waals surface area contributed by atoms with Crippen LogP contribution >= 0.6 is 0 Å². The Morgan fingerprint density at radius 3 is 2.71 bits per heavy atom. The summed E-state index contributed by atoms with van der Waals surface area (Å²) < 4.78 is 29.2. The number of nitrogens with one attached hydrogen (secondary N) is 1. The number of carbonyl (C=O) groups excluding carboxylic acids is 1. The summed E-state index contributed by atoms with van der Waals surface area (Å²) in [6.07, 6.45) is 3.17. The second-order valence-electron chi connectivity index (χ2n) is 5.72. The average Bonchev–Trinajstić information content (AvgIpc) is 2.44. The Bertz CT molecular complexity index is 493. The number of carbonyl (C=O) groups is 1. The lowest BCUT2D eigenvalue weighted by Crippen LogP contribution is -2.43. The predicted molar refractivity (Wildman–Crippen MR) is 76.5 cm³/mol. The zero-order valence-electron chi connectivity index (χ0n) is 12.3. The summed E-state index contributed by atoms with van der Waals surface area (Å²) in [7, 11) is 0. The molecule has 0 saturated heterocycles. The Labute approximate surface area is 123 Å². The first kappa shape index (κ1) is 15.7. The Hall–Kier alpha value is -1.65. The molecule has 5 heteroatoms. The summed E-state index contributed by atoms with van der Waals surface area (Å²) in [6, 6.07) is 6.18. The summed E-state index contributed by atoms with van der Waals surface area (Å²) in [6.45, 7) is 1.36. The molecule has 1 N–H and O–H groups in total. The second-order valence-corrected chi connectivity index (χ2v) is 5.72. The third kappa shape index (κ3) is 3.93. The highest BCUT2D eigenvalue weighted by Crippen LogP contribution is 2.30. The molecule has 1 aliphatic carbocycles. The van der Waals surface area contributed by atoms with E-state index in [2.05, 4.69) is 23.9 Å². The average molecular weight is 297 g/mol. The van der Waals surface area contributed by atoms with E-state index in [-0.39, 0.29) is 23.3 Å². The van der Waals surface area contributed by atoms with Crippen molar-refractivity contribution >= 4 is 5.91 Å². The molecule has 1 fully saturated rings. The molecule has 3 atom stereocenters. The molecule has 1 saturated carbocycles. The SMILES string of the molecule is C[C@@H]1[C@H](C)CCC[C@@H]1NC(=O)c1ccccc1OC(F)F. The number of amides is 1. The van der Waals surface area contributed by atoms with Crippen LogP contribution in [0.2, 0.25) is 0 Å². The molecule has 116 valence electrons. The van der Waals surface area contributed by atoms with Crippen molar-refractivity contribution in [2.75, 3.05) is 0 Å². The predicted octanol–water partition coefficient (Wildman–Crippen LogP) is 3.84. The number of ether oxygens (including phenoxy) is 1. The van der Waals surface area contributed by atoms with Crippen molar-refractivity contribution in [3.8, 4) is 5.75 Å². The number of benzene rings is 1. The highest BCUT2D eigenvalue weighted by atomic mass is 19.3. The van der Waals surface area contributed by atoms with Crippen LogP contribution in [0.3, 0.4) is 0 Å². The normalized spacial score (nSPS) is 25.7. The minimum absolute atomic E-state index is 0.0819. The van der Waals surface area contributed by atoms with Gasteiger partial charge in [-0.2, -0.15) is 8.78 Å². The van der Waals surface area contributed by atoms with E-state index in [4.69, 9.17) is 0 Å². The van der Waals surface area contributed by atoms with Crippen LogP contribution < -0.4 is 10.1 Å². The Morgan fingerprint density at radius 1 is 1.29 bits per heavy atom. The van der Waals surface area contributed by atoms with Gasteiger partial charge in [-0.1, -0.05) is 38.8 Å². The van der Waals surface area contributed by atoms with E-state index in [1.807, 2.05) is 0 Å². The van der Waals surface area contributed by atoms with Crippen LogP contribution in [-0.2, 0) is 0 Å². The zero-order valence-corrected chi connectivity index (χ0v) is 12.3. The van der Waals surface area contributed by atoms with Crippen LogP contribution in [0.5, 0.6) is 5.75 Å². The van der Waals surface area contributed by atoms with Gasteiger partial charge in [0.1, 0.15) is 5.75 Å². The van der Waals surface area contributed by atoms with Gasteiger partial charge < -0.3 is 10.1 Å². The first-order valence-electron chi connectivity index (χ1n) is 7.33. The highest BCUT2D eigenvalue weighted by Gasteiger charge is 2.29. The van der Waals surface area contributed by atoms with Crippen molar-refractivity contribution in [1.82, 2.24) is 5.32 Å². The van der Waals surface area contributed by atoms with Crippen molar-refractivity contribution in [2.24, 2.45) is 11.8 Å². The van der Waals surface area contributed by atoms with Gasteiger partial charge in [0.05, 0.1) is 5.56 Å². The quantitative estimate of drug-likeness (QED) is 0.917. The standard InChI is InChI=1S/C16H21F2NO2/c1-10-6-5-8-13(11(10)2)19-15(20)12-7-3-4-9-14(12)21-16(17)18/h3-4,7,9-11,13,16H,5-6,8H2,1-2H3,(H,19,20)/t10-,11-,13+/m1/s1. The summed E-state index contributed by atoms with van der Waals surface area (Å²) in [5.74, 6) is 0.501. The van der Waals surface area contributed by atoms with E-state index < -0.39 is 6.61 Å². The van der Waals surface area contributed by atoms with Crippen LogP contribution in [0.15, 0.2) is 24.3 Å². The van der Waals surface area contributed by atoms with Crippen LogP contribution in [0, 0.1) is 11.8 Å². The van der Waals surface area contributed by atoms with Crippen molar-refractivity contribution in [2.45, 2.75) is 45.8 Å². The molecule has 0 radical (unpaired) electrons. The van der Waals surface area contributed by atoms with Gasteiger partial charge >= 0.3 is 6.61 Å². The summed E-state index contributed by atoms with van der Waals surface area (Å²) in [5.41, 5.74) is 0.156. The van der Waals surface area contributed by atoms with E-state index in [1.54, 1.807) is 12.1 Å². The lowest BCUT2D eigenvalue weighted by molar-refractivity contribution is -0.0501. The Balaban J connectivity index is 2.09. The van der Waals surface area contributed by atoms with Crippen molar-refractivity contribution < 1.29 is 18.3 Å². The van der Waals surface area contributed by atoms with Crippen molar-refractivity contribution in [1.29, 1.82) is 0 Å². The number of rotatable bonds is 4. The summed E-state index contributed by atoms with van der Waals surface area (Å²) >= 11 is 0. The van der Waals surface area contributed by atoms with Gasteiger partial charge in [0.2, 0.25) is 0 Å². The molecule has 1 amide bonds. The fourth-order valence-electron chi connectivity index (χ4n) is 2.88. The molecule has 2 rings (SSSR count).